The maximum absolute atomic E-state index is 9.40. The number of rotatable bonds is 2. The van der Waals surface area contributed by atoms with Crippen molar-refractivity contribution in [3.63, 3.8) is 0 Å². The van der Waals surface area contributed by atoms with Gasteiger partial charge in [0.1, 0.15) is 0 Å². The van der Waals surface area contributed by atoms with Crippen LogP contribution in [0.15, 0.2) is 0 Å². The average molecular weight is 129 g/mol. The molecule has 0 radical (unpaired) electrons. The van der Waals surface area contributed by atoms with Crippen molar-refractivity contribution in [3.05, 3.63) is 0 Å². The molecule has 7 heavy (non-hydrogen) atoms. The van der Waals surface area contributed by atoms with Crippen LogP contribution in [0.2, 0.25) is 0 Å². The first-order valence-corrected chi connectivity index (χ1v) is 2.50. The van der Waals surface area contributed by atoms with Gasteiger partial charge in [0.05, 0.1) is 0 Å². The molecular weight excluding hydrogens is 121 g/mol. The molecular formula is CH8NO4P. The number of aliphatic hydroxyl groups excluding tert-OH is 1. The van der Waals surface area contributed by atoms with Crippen molar-refractivity contribution < 1.29 is 19.1 Å². The predicted octanol–water partition coefficient (Wildman–Crippen LogP) is -0.503. The number of hydrogen-bond acceptors (Lipinski definition) is 4. The first kappa shape index (κ1) is 10.1. The monoisotopic (exact) mass is 129 g/mol. The fourth-order valence-electron chi connectivity index (χ4n) is 0.0552. The van der Waals surface area contributed by atoms with E-state index in [0.717, 1.165) is 0 Å². The molecule has 5 nitrogen and oxygen atoms in total. The molecule has 1 atom stereocenters. The highest BCUT2D eigenvalue weighted by atomic mass is 31.1. The van der Waals surface area contributed by atoms with Gasteiger partial charge in [-0.1, -0.05) is 0 Å². The summed E-state index contributed by atoms with van der Waals surface area (Å²) in [6.07, 6.45) is 0. The van der Waals surface area contributed by atoms with Gasteiger partial charge in [0, 0.05) is 0 Å². The predicted molar refractivity (Wildman–Crippen MR) is 24.4 cm³/mol. The third-order valence-corrected chi connectivity index (χ3v) is 0.564. The van der Waals surface area contributed by atoms with E-state index >= 15 is 0 Å². The largest absolute Gasteiger partial charge is 0.370 e. The normalized spacial score (nSPS) is 12.3. The van der Waals surface area contributed by atoms with Gasteiger partial charge < -0.3 is 16.2 Å². The minimum absolute atomic E-state index is 0. The molecule has 0 aromatic rings. The highest BCUT2D eigenvalue weighted by molar-refractivity contribution is 7.32. The Kier molecular flexibility index (Phi) is 8.79. The summed E-state index contributed by atoms with van der Waals surface area (Å²) in [7, 11) is -2.89. The molecule has 0 amide bonds. The van der Waals surface area contributed by atoms with Crippen LogP contribution in [0, 0.1) is 0 Å². The summed E-state index contributed by atoms with van der Waals surface area (Å²) in [5.41, 5.74) is 0. The summed E-state index contributed by atoms with van der Waals surface area (Å²) in [5, 5.41) is 7.68. The van der Waals surface area contributed by atoms with E-state index in [9.17, 15) is 4.57 Å². The zero-order valence-electron chi connectivity index (χ0n) is 3.63. The Bertz CT molecular complexity index is 55.7. The van der Waals surface area contributed by atoms with Gasteiger partial charge in [0.2, 0.25) is 0 Å². The van der Waals surface area contributed by atoms with Gasteiger partial charge in [-0.05, 0) is 0 Å². The Morgan fingerprint density at radius 3 is 2.14 bits per heavy atom. The van der Waals surface area contributed by atoms with Crippen molar-refractivity contribution >= 4 is 8.25 Å². The Morgan fingerprint density at radius 1 is 1.71 bits per heavy atom. The van der Waals surface area contributed by atoms with E-state index in [1.807, 2.05) is 0 Å². The SMILES string of the molecule is N.O=[PH](O)OCO. The molecule has 0 aliphatic rings. The van der Waals surface area contributed by atoms with Crippen molar-refractivity contribution in [3.8, 4) is 0 Å². The van der Waals surface area contributed by atoms with Crippen LogP contribution in [0.4, 0.5) is 0 Å². The van der Waals surface area contributed by atoms with Gasteiger partial charge in [-0.2, -0.15) is 0 Å². The minimum Gasteiger partial charge on any atom is -0.370 e. The quantitative estimate of drug-likeness (QED) is 0.344. The summed E-state index contributed by atoms with van der Waals surface area (Å²) in [6.45, 7) is -0.686. The van der Waals surface area contributed by atoms with Crippen LogP contribution in [0.5, 0.6) is 0 Å². The standard InChI is InChI=1S/CH5O4P.H3N/c2-1-5-6(3)4;/h2,6H,1H2,(H,3,4);1H3. The van der Waals surface area contributed by atoms with E-state index in [0.29, 0.717) is 0 Å². The molecule has 0 spiro atoms. The van der Waals surface area contributed by atoms with Gasteiger partial charge in [-0.3, -0.25) is 9.09 Å². The van der Waals surface area contributed by atoms with Crippen LogP contribution >= 0.6 is 8.25 Å². The van der Waals surface area contributed by atoms with Crippen LogP contribution in [-0.2, 0) is 9.09 Å². The molecule has 0 bridgehead atoms. The number of hydrogen-bond donors (Lipinski definition) is 3. The van der Waals surface area contributed by atoms with Crippen LogP contribution in [-0.4, -0.2) is 16.8 Å². The van der Waals surface area contributed by atoms with Crippen LogP contribution in [0.1, 0.15) is 0 Å². The first-order valence-electron chi connectivity index (χ1n) is 1.24. The van der Waals surface area contributed by atoms with Gasteiger partial charge in [0.25, 0.3) is 0 Å². The molecule has 5 N–H and O–H groups in total. The van der Waals surface area contributed by atoms with Crippen molar-refractivity contribution in [2.45, 2.75) is 0 Å². The van der Waals surface area contributed by atoms with Gasteiger partial charge in [0.15, 0.2) is 6.79 Å². The second kappa shape index (κ2) is 6.07. The van der Waals surface area contributed by atoms with E-state index in [2.05, 4.69) is 4.52 Å². The topological polar surface area (TPSA) is 102 Å². The molecule has 0 rings (SSSR count). The molecule has 0 aliphatic carbocycles. The lowest BCUT2D eigenvalue weighted by Gasteiger charge is -1.86. The minimum atomic E-state index is -2.89. The lowest BCUT2D eigenvalue weighted by atomic mass is 11.6. The third-order valence-electron chi connectivity index (χ3n) is 0.188. The average Bonchev–Trinajstić information content (AvgIpc) is 1.35. The summed E-state index contributed by atoms with van der Waals surface area (Å²) >= 11 is 0. The summed E-state index contributed by atoms with van der Waals surface area (Å²) in [6, 6.07) is 0. The fraction of sp³-hybridized carbons (Fsp3) is 1.00. The zero-order valence-corrected chi connectivity index (χ0v) is 4.63. The first-order chi connectivity index (χ1) is 2.77. The fourth-order valence-corrected chi connectivity index (χ4v) is 0.166. The maximum Gasteiger partial charge on any atom is 0.318 e. The van der Waals surface area contributed by atoms with E-state index in [1.165, 1.54) is 0 Å². The highest BCUT2D eigenvalue weighted by Crippen LogP contribution is 2.11. The van der Waals surface area contributed by atoms with Crippen LogP contribution in [0.3, 0.4) is 0 Å². The van der Waals surface area contributed by atoms with E-state index in [1.54, 1.807) is 0 Å². The smallest absolute Gasteiger partial charge is 0.318 e. The molecule has 1 unspecified atom stereocenters. The van der Waals surface area contributed by atoms with E-state index in [4.69, 9.17) is 10.00 Å². The molecule has 0 aliphatic heterocycles. The molecule has 46 valence electrons. The molecule has 0 aromatic heterocycles. The summed E-state index contributed by atoms with van der Waals surface area (Å²) in [4.78, 5) is 7.72. The molecule has 0 heterocycles. The molecule has 0 saturated heterocycles. The molecule has 0 aromatic carbocycles. The Labute approximate surface area is 41.5 Å². The van der Waals surface area contributed by atoms with Crippen molar-refractivity contribution in [1.82, 2.24) is 6.15 Å². The van der Waals surface area contributed by atoms with E-state index < -0.39 is 15.0 Å². The zero-order chi connectivity index (χ0) is 4.99. The highest BCUT2D eigenvalue weighted by Gasteiger charge is 1.82. The Morgan fingerprint density at radius 2 is 2.14 bits per heavy atom. The van der Waals surface area contributed by atoms with Crippen LogP contribution in [0.25, 0.3) is 0 Å². The molecule has 0 saturated carbocycles. The van der Waals surface area contributed by atoms with Crippen molar-refractivity contribution in [2.75, 3.05) is 6.79 Å². The second-order valence-electron chi connectivity index (χ2n) is 0.539. The molecule has 6 heteroatoms. The summed E-state index contributed by atoms with van der Waals surface area (Å²) in [5.74, 6) is 0. The van der Waals surface area contributed by atoms with Gasteiger partial charge in [-0.15, -0.1) is 0 Å². The van der Waals surface area contributed by atoms with Crippen molar-refractivity contribution in [1.29, 1.82) is 0 Å². The number of aliphatic hydroxyl groups is 1. The summed E-state index contributed by atoms with van der Waals surface area (Å²) < 4.78 is 13.1. The third kappa shape index (κ3) is 10.7. The lowest BCUT2D eigenvalue weighted by molar-refractivity contribution is 0.0946. The van der Waals surface area contributed by atoms with Gasteiger partial charge in [-0.25, -0.2) is 0 Å². The molecule has 0 fully saturated rings. The van der Waals surface area contributed by atoms with Crippen LogP contribution < -0.4 is 6.15 Å². The van der Waals surface area contributed by atoms with Crippen molar-refractivity contribution in [2.24, 2.45) is 0 Å². The Balaban J connectivity index is 0. The van der Waals surface area contributed by atoms with E-state index in [-0.39, 0.29) is 6.15 Å². The van der Waals surface area contributed by atoms with Gasteiger partial charge >= 0.3 is 8.25 Å². The Hall–Kier alpha value is 0.0700. The lowest BCUT2D eigenvalue weighted by Crippen LogP contribution is -1.78. The second-order valence-corrected chi connectivity index (χ2v) is 1.36. The maximum atomic E-state index is 9.40.